The zero-order valence-corrected chi connectivity index (χ0v) is 9.46. The molecular weight excluding hydrogens is 246 g/mol. The molecule has 0 aromatic carbocycles. The maximum atomic E-state index is 9.91. The van der Waals surface area contributed by atoms with Gasteiger partial charge in [-0.15, -0.1) is 0 Å². The highest BCUT2D eigenvalue weighted by molar-refractivity contribution is 9.10. The first-order chi connectivity index (χ1) is 6.75. The molecule has 0 saturated carbocycles. The molecule has 3 nitrogen and oxygen atoms in total. The molecule has 1 aliphatic heterocycles. The number of hydrogen-bond acceptors (Lipinski definition) is 3. The van der Waals surface area contributed by atoms with Gasteiger partial charge < -0.3 is 14.8 Å². The van der Waals surface area contributed by atoms with E-state index >= 15 is 0 Å². The minimum atomic E-state index is -0.255. The van der Waals surface area contributed by atoms with Crippen molar-refractivity contribution in [2.24, 2.45) is 5.92 Å². The van der Waals surface area contributed by atoms with E-state index in [2.05, 4.69) is 21.2 Å². The van der Waals surface area contributed by atoms with Crippen LogP contribution in [0.4, 0.5) is 0 Å². The highest BCUT2D eigenvalue weighted by Crippen LogP contribution is 2.20. The summed E-state index contributed by atoms with van der Waals surface area (Å²) in [6.45, 7) is 1.96. The van der Waals surface area contributed by atoms with E-state index in [1.165, 1.54) is 0 Å². The van der Waals surface area contributed by atoms with Crippen molar-refractivity contribution in [3.8, 4) is 0 Å². The van der Waals surface area contributed by atoms with E-state index < -0.39 is 0 Å². The van der Waals surface area contributed by atoms with Crippen molar-refractivity contribution < 1.29 is 9.52 Å². The van der Waals surface area contributed by atoms with Gasteiger partial charge >= 0.3 is 0 Å². The number of halogens is 1. The number of aliphatic hydroxyl groups is 1. The second-order valence-electron chi connectivity index (χ2n) is 3.78. The summed E-state index contributed by atoms with van der Waals surface area (Å²) < 4.78 is 5.84. The van der Waals surface area contributed by atoms with Crippen molar-refractivity contribution in [3.05, 3.63) is 22.6 Å². The zero-order valence-electron chi connectivity index (χ0n) is 7.87. The Morgan fingerprint density at radius 3 is 3.14 bits per heavy atom. The second kappa shape index (κ2) is 4.47. The monoisotopic (exact) mass is 259 g/mol. The van der Waals surface area contributed by atoms with Gasteiger partial charge in [0.25, 0.3) is 0 Å². The minimum absolute atomic E-state index is 0.255. The smallest absolute Gasteiger partial charge is 0.169 e. The van der Waals surface area contributed by atoms with E-state index in [1.54, 1.807) is 6.26 Å². The number of rotatable bonds is 3. The first-order valence-electron chi connectivity index (χ1n) is 4.87. The molecule has 0 bridgehead atoms. The molecule has 2 rings (SSSR count). The lowest BCUT2D eigenvalue weighted by atomic mass is 9.97. The third-order valence-corrected chi connectivity index (χ3v) is 3.13. The fourth-order valence-corrected chi connectivity index (χ4v) is 2.25. The van der Waals surface area contributed by atoms with Crippen LogP contribution in [-0.4, -0.2) is 24.3 Å². The lowest BCUT2D eigenvalue weighted by Gasteiger charge is -2.15. The van der Waals surface area contributed by atoms with E-state index in [4.69, 9.17) is 4.42 Å². The predicted molar refractivity (Wildman–Crippen MR) is 57.1 cm³/mol. The second-order valence-corrected chi connectivity index (χ2v) is 4.56. The number of hydrogen-bond donors (Lipinski definition) is 2. The fourth-order valence-electron chi connectivity index (χ4n) is 1.87. The molecule has 2 atom stereocenters. The van der Waals surface area contributed by atoms with Crippen molar-refractivity contribution in [1.29, 1.82) is 0 Å². The minimum Gasteiger partial charge on any atom is -0.457 e. The molecule has 2 N–H and O–H groups in total. The number of nitrogens with one attached hydrogen (secondary N) is 1. The summed E-state index contributed by atoms with van der Waals surface area (Å²) >= 11 is 3.24. The molecular formula is C10H14BrNO2. The van der Waals surface area contributed by atoms with Crippen LogP contribution in [0.25, 0.3) is 0 Å². The lowest BCUT2D eigenvalue weighted by molar-refractivity contribution is 0.117. The van der Waals surface area contributed by atoms with Crippen molar-refractivity contribution >= 4 is 15.9 Å². The van der Waals surface area contributed by atoms with Crippen LogP contribution in [0.1, 0.15) is 12.0 Å². The van der Waals surface area contributed by atoms with Crippen LogP contribution in [0.15, 0.2) is 21.4 Å². The highest BCUT2D eigenvalue weighted by atomic mass is 79.9. The van der Waals surface area contributed by atoms with Gasteiger partial charge in [0, 0.05) is 13.0 Å². The van der Waals surface area contributed by atoms with Gasteiger partial charge in [-0.25, -0.2) is 0 Å². The zero-order chi connectivity index (χ0) is 9.97. The van der Waals surface area contributed by atoms with Gasteiger partial charge in [-0.3, -0.25) is 0 Å². The Balaban J connectivity index is 1.90. The standard InChI is InChI=1S/C10H14BrNO2/c11-10-4-7(6-14-10)3-9(13)8-1-2-12-5-8/h4,6,8-9,12-13H,1-3,5H2/t8-,9?/m0/s1. The van der Waals surface area contributed by atoms with E-state index in [1.807, 2.05) is 6.07 Å². The summed E-state index contributed by atoms with van der Waals surface area (Å²) in [6.07, 6.45) is 3.19. The normalized spacial score (nSPS) is 24.0. The van der Waals surface area contributed by atoms with Gasteiger partial charge in [0.05, 0.1) is 12.4 Å². The van der Waals surface area contributed by atoms with Crippen LogP contribution >= 0.6 is 15.9 Å². The summed E-state index contributed by atoms with van der Waals surface area (Å²) in [6, 6.07) is 1.91. The van der Waals surface area contributed by atoms with Gasteiger partial charge in [0.15, 0.2) is 4.67 Å². The molecule has 1 aromatic rings. The molecule has 1 fully saturated rings. The predicted octanol–water partition coefficient (Wildman–Crippen LogP) is 1.55. The van der Waals surface area contributed by atoms with E-state index in [9.17, 15) is 5.11 Å². The van der Waals surface area contributed by atoms with Gasteiger partial charge in [-0.2, -0.15) is 0 Å². The Bertz CT molecular complexity index is 294. The third kappa shape index (κ3) is 2.38. The van der Waals surface area contributed by atoms with Crippen LogP contribution < -0.4 is 5.32 Å². The van der Waals surface area contributed by atoms with Gasteiger partial charge in [0.2, 0.25) is 0 Å². The van der Waals surface area contributed by atoms with Crippen LogP contribution in [-0.2, 0) is 6.42 Å². The molecule has 2 heterocycles. The Kier molecular flexibility index (Phi) is 3.26. The molecule has 0 amide bonds. The topological polar surface area (TPSA) is 45.4 Å². The SMILES string of the molecule is OC(Cc1coc(Br)c1)[C@H]1CCNC1. The molecule has 4 heteroatoms. The Morgan fingerprint density at radius 1 is 1.71 bits per heavy atom. The first kappa shape index (κ1) is 10.2. The summed E-state index contributed by atoms with van der Waals surface area (Å²) in [5, 5.41) is 13.2. The maximum absolute atomic E-state index is 9.91. The molecule has 1 aromatic heterocycles. The molecule has 1 unspecified atom stereocenters. The summed E-state index contributed by atoms with van der Waals surface area (Å²) in [7, 11) is 0. The van der Waals surface area contributed by atoms with Crippen LogP contribution in [0, 0.1) is 5.92 Å². The van der Waals surface area contributed by atoms with E-state index in [-0.39, 0.29) is 6.10 Å². The Morgan fingerprint density at radius 2 is 2.57 bits per heavy atom. The van der Waals surface area contributed by atoms with Crippen molar-refractivity contribution in [2.75, 3.05) is 13.1 Å². The fraction of sp³-hybridized carbons (Fsp3) is 0.600. The van der Waals surface area contributed by atoms with E-state index in [0.717, 1.165) is 29.7 Å². The highest BCUT2D eigenvalue weighted by Gasteiger charge is 2.23. The van der Waals surface area contributed by atoms with Crippen LogP contribution in [0.3, 0.4) is 0 Å². The molecule has 78 valence electrons. The third-order valence-electron chi connectivity index (χ3n) is 2.71. The average molecular weight is 260 g/mol. The van der Waals surface area contributed by atoms with Gasteiger partial charge in [0.1, 0.15) is 0 Å². The van der Waals surface area contributed by atoms with Gasteiger partial charge in [-0.1, -0.05) is 0 Å². The van der Waals surface area contributed by atoms with Crippen molar-refractivity contribution in [3.63, 3.8) is 0 Å². The molecule has 0 radical (unpaired) electrons. The number of aliphatic hydroxyl groups excluding tert-OH is 1. The van der Waals surface area contributed by atoms with E-state index in [0.29, 0.717) is 12.3 Å². The van der Waals surface area contributed by atoms with Crippen molar-refractivity contribution in [2.45, 2.75) is 18.9 Å². The van der Waals surface area contributed by atoms with Gasteiger partial charge in [-0.05, 0) is 46.4 Å². The molecule has 1 aliphatic rings. The summed E-state index contributed by atoms with van der Waals surface area (Å²) in [5.74, 6) is 0.392. The van der Waals surface area contributed by atoms with Crippen LogP contribution in [0.5, 0.6) is 0 Å². The van der Waals surface area contributed by atoms with Crippen molar-refractivity contribution in [1.82, 2.24) is 5.32 Å². The van der Waals surface area contributed by atoms with Crippen LogP contribution in [0.2, 0.25) is 0 Å². The first-order valence-corrected chi connectivity index (χ1v) is 5.66. The summed E-state index contributed by atoms with van der Waals surface area (Å²) in [5.41, 5.74) is 1.05. The molecule has 0 spiro atoms. The Hall–Kier alpha value is -0.320. The lowest BCUT2D eigenvalue weighted by Crippen LogP contribution is -2.24. The Labute approximate surface area is 91.6 Å². The largest absolute Gasteiger partial charge is 0.457 e. The molecule has 14 heavy (non-hydrogen) atoms. The summed E-state index contributed by atoms with van der Waals surface area (Å²) in [4.78, 5) is 0. The maximum Gasteiger partial charge on any atom is 0.169 e. The molecule has 1 saturated heterocycles. The number of furan rings is 1. The molecule has 0 aliphatic carbocycles. The quantitative estimate of drug-likeness (QED) is 0.866. The average Bonchev–Trinajstić information content (AvgIpc) is 2.75.